The van der Waals surface area contributed by atoms with Crippen molar-refractivity contribution >= 4 is 11.9 Å². The van der Waals surface area contributed by atoms with Crippen LogP contribution in [-0.2, 0) is 9.59 Å². The van der Waals surface area contributed by atoms with E-state index in [1.54, 1.807) is 19.1 Å². The fraction of sp³-hybridized carbons (Fsp3) is 0.429. The topological polar surface area (TPSA) is 66.8 Å². The van der Waals surface area contributed by atoms with Gasteiger partial charge in [0.25, 0.3) is 5.91 Å². The van der Waals surface area contributed by atoms with Gasteiger partial charge < -0.3 is 14.7 Å². The Morgan fingerprint density at radius 1 is 1.32 bits per heavy atom. The Hall–Kier alpha value is -2.04. The highest BCUT2D eigenvalue weighted by Gasteiger charge is 2.54. The van der Waals surface area contributed by atoms with Gasteiger partial charge in [-0.2, -0.15) is 0 Å². The van der Waals surface area contributed by atoms with Gasteiger partial charge in [-0.25, -0.2) is 0 Å². The summed E-state index contributed by atoms with van der Waals surface area (Å²) in [4.78, 5) is 24.4. The summed E-state index contributed by atoms with van der Waals surface area (Å²) in [6.45, 7) is 1.85. The van der Waals surface area contributed by atoms with E-state index in [1.807, 2.05) is 18.2 Å². The summed E-state index contributed by atoms with van der Waals surface area (Å²) in [6.07, 6.45) is 1.27. The summed E-state index contributed by atoms with van der Waals surface area (Å²) in [5.74, 6) is -0.605. The zero-order chi connectivity index (χ0) is 13.9. The number of carboxylic acids is 1. The van der Waals surface area contributed by atoms with Crippen LogP contribution in [0.4, 0.5) is 0 Å². The third-order valence-corrected chi connectivity index (χ3v) is 3.15. The highest BCUT2D eigenvalue weighted by Crippen LogP contribution is 2.41. The molecular formula is C14H17NO4. The minimum absolute atomic E-state index is 0.235. The second-order valence-corrected chi connectivity index (χ2v) is 4.62. The summed E-state index contributed by atoms with van der Waals surface area (Å²) in [5, 5.41) is 8.81. The fourth-order valence-electron chi connectivity index (χ4n) is 1.97. The first kappa shape index (κ1) is 13.4. The van der Waals surface area contributed by atoms with E-state index in [9.17, 15) is 9.59 Å². The molecule has 1 N–H and O–H groups in total. The molecular weight excluding hydrogens is 246 g/mol. The molecule has 1 aliphatic carbocycles. The van der Waals surface area contributed by atoms with Crippen LogP contribution in [0.15, 0.2) is 30.3 Å². The van der Waals surface area contributed by atoms with Gasteiger partial charge in [-0.15, -0.1) is 0 Å². The lowest BCUT2D eigenvalue weighted by Crippen LogP contribution is -2.45. The molecule has 5 nitrogen and oxygen atoms in total. The van der Waals surface area contributed by atoms with Gasteiger partial charge in [0.05, 0.1) is 0 Å². The van der Waals surface area contributed by atoms with Crippen LogP contribution in [0.25, 0.3) is 0 Å². The highest BCUT2D eigenvalue weighted by molar-refractivity contribution is 5.90. The number of carboxylic acid groups (broad SMARTS) is 1. The molecule has 0 unspecified atom stereocenters. The van der Waals surface area contributed by atoms with Gasteiger partial charge in [0.15, 0.2) is 5.60 Å². The van der Waals surface area contributed by atoms with Gasteiger partial charge in [0.2, 0.25) is 0 Å². The first-order chi connectivity index (χ1) is 9.07. The molecule has 1 aliphatic rings. The molecule has 1 aromatic rings. The number of aliphatic carboxylic acids is 1. The van der Waals surface area contributed by atoms with Gasteiger partial charge >= 0.3 is 5.97 Å². The maximum absolute atomic E-state index is 12.3. The van der Waals surface area contributed by atoms with E-state index in [4.69, 9.17) is 9.84 Å². The Bertz CT molecular complexity index is 468. The molecule has 1 aromatic carbocycles. The number of hydrogen-bond acceptors (Lipinski definition) is 3. The third-order valence-electron chi connectivity index (χ3n) is 3.15. The van der Waals surface area contributed by atoms with Crippen LogP contribution in [0.2, 0.25) is 0 Å². The summed E-state index contributed by atoms with van der Waals surface area (Å²) in [6, 6.07) is 9.13. The number of ether oxygens (including phenoxy) is 1. The number of carbonyl (C=O) groups excluding carboxylic acids is 1. The molecule has 0 aliphatic heterocycles. The van der Waals surface area contributed by atoms with Crippen LogP contribution in [0, 0.1) is 0 Å². The van der Waals surface area contributed by atoms with Gasteiger partial charge in [0.1, 0.15) is 12.3 Å². The van der Waals surface area contributed by atoms with E-state index in [-0.39, 0.29) is 12.5 Å². The Labute approximate surface area is 111 Å². The van der Waals surface area contributed by atoms with E-state index in [0.717, 1.165) is 0 Å². The number of benzene rings is 1. The van der Waals surface area contributed by atoms with Gasteiger partial charge in [0, 0.05) is 19.4 Å². The maximum atomic E-state index is 12.3. The molecule has 0 radical (unpaired) electrons. The molecule has 5 heteroatoms. The summed E-state index contributed by atoms with van der Waals surface area (Å²) < 4.78 is 5.75. The summed E-state index contributed by atoms with van der Waals surface area (Å²) >= 11 is 0. The zero-order valence-corrected chi connectivity index (χ0v) is 10.8. The van der Waals surface area contributed by atoms with Crippen molar-refractivity contribution in [1.29, 1.82) is 0 Å². The predicted octanol–water partition coefficient (Wildman–Crippen LogP) is 1.53. The SMILES string of the molecule is CCN(CC(=O)O)C(=O)C1(Oc2ccccc2)CC1. The lowest BCUT2D eigenvalue weighted by molar-refractivity contribution is -0.148. The average Bonchev–Trinajstić information content (AvgIpc) is 3.17. The van der Waals surface area contributed by atoms with Crippen molar-refractivity contribution in [2.75, 3.05) is 13.1 Å². The van der Waals surface area contributed by atoms with Crippen LogP contribution >= 0.6 is 0 Å². The Balaban J connectivity index is 2.07. The van der Waals surface area contributed by atoms with Crippen molar-refractivity contribution < 1.29 is 19.4 Å². The molecule has 1 amide bonds. The third kappa shape index (κ3) is 3.05. The monoisotopic (exact) mass is 263 g/mol. The van der Waals surface area contributed by atoms with Crippen LogP contribution in [0.1, 0.15) is 19.8 Å². The number of nitrogens with zero attached hydrogens (tertiary/aromatic N) is 1. The van der Waals surface area contributed by atoms with Crippen LogP contribution < -0.4 is 4.74 Å². The first-order valence-corrected chi connectivity index (χ1v) is 6.32. The molecule has 0 heterocycles. The second kappa shape index (κ2) is 5.30. The molecule has 0 aromatic heterocycles. The normalized spacial score (nSPS) is 15.6. The Morgan fingerprint density at radius 3 is 2.42 bits per heavy atom. The number of para-hydroxylation sites is 1. The second-order valence-electron chi connectivity index (χ2n) is 4.62. The number of likely N-dealkylation sites (N-methyl/N-ethyl adjacent to an activating group) is 1. The molecule has 0 spiro atoms. The smallest absolute Gasteiger partial charge is 0.323 e. The molecule has 0 atom stereocenters. The van der Waals surface area contributed by atoms with Crippen LogP contribution in [-0.4, -0.2) is 40.6 Å². The molecule has 19 heavy (non-hydrogen) atoms. The first-order valence-electron chi connectivity index (χ1n) is 6.32. The average molecular weight is 263 g/mol. The van der Waals surface area contributed by atoms with E-state index in [2.05, 4.69) is 0 Å². The van der Waals surface area contributed by atoms with Crippen molar-refractivity contribution in [2.45, 2.75) is 25.4 Å². The molecule has 1 saturated carbocycles. The van der Waals surface area contributed by atoms with Gasteiger partial charge in [-0.05, 0) is 19.1 Å². The number of rotatable bonds is 6. The molecule has 2 rings (SSSR count). The summed E-state index contributed by atoms with van der Waals surface area (Å²) in [5.41, 5.74) is -0.854. The molecule has 0 saturated heterocycles. The quantitative estimate of drug-likeness (QED) is 0.845. The minimum atomic E-state index is -1.01. The standard InChI is InChI=1S/C14H17NO4/c1-2-15(10-12(16)17)13(18)14(8-9-14)19-11-6-4-3-5-7-11/h3-7H,2,8-10H2,1H3,(H,16,17). The number of carbonyl (C=O) groups is 2. The van der Waals surface area contributed by atoms with E-state index in [0.29, 0.717) is 25.1 Å². The summed E-state index contributed by atoms with van der Waals surface area (Å²) in [7, 11) is 0. The number of amides is 1. The minimum Gasteiger partial charge on any atom is -0.480 e. The fourth-order valence-corrected chi connectivity index (χ4v) is 1.97. The maximum Gasteiger partial charge on any atom is 0.323 e. The van der Waals surface area contributed by atoms with Crippen molar-refractivity contribution in [2.24, 2.45) is 0 Å². The zero-order valence-electron chi connectivity index (χ0n) is 10.8. The Kier molecular flexibility index (Phi) is 3.74. The lowest BCUT2D eigenvalue weighted by Gasteiger charge is -2.25. The van der Waals surface area contributed by atoms with Crippen molar-refractivity contribution in [3.8, 4) is 5.75 Å². The van der Waals surface area contributed by atoms with E-state index < -0.39 is 11.6 Å². The van der Waals surface area contributed by atoms with Crippen molar-refractivity contribution in [3.63, 3.8) is 0 Å². The van der Waals surface area contributed by atoms with Crippen LogP contribution in [0.5, 0.6) is 5.75 Å². The molecule has 1 fully saturated rings. The molecule has 0 bridgehead atoms. The highest BCUT2D eigenvalue weighted by atomic mass is 16.5. The van der Waals surface area contributed by atoms with Gasteiger partial charge in [-0.1, -0.05) is 18.2 Å². The van der Waals surface area contributed by atoms with Crippen molar-refractivity contribution in [1.82, 2.24) is 4.90 Å². The molecule has 102 valence electrons. The van der Waals surface area contributed by atoms with E-state index >= 15 is 0 Å². The predicted molar refractivity (Wildman–Crippen MR) is 68.9 cm³/mol. The van der Waals surface area contributed by atoms with Crippen LogP contribution in [0.3, 0.4) is 0 Å². The van der Waals surface area contributed by atoms with Crippen molar-refractivity contribution in [3.05, 3.63) is 30.3 Å². The van der Waals surface area contributed by atoms with Gasteiger partial charge in [-0.3, -0.25) is 9.59 Å². The lowest BCUT2D eigenvalue weighted by atomic mass is 10.2. The van der Waals surface area contributed by atoms with E-state index in [1.165, 1.54) is 4.90 Å². The Morgan fingerprint density at radius 2 is 1.95 bits per heavy atom. The largest absolute Gasteiger partial charge is 0.480 e. The number of hydrogen-bond donors (Lipinski definition) is 1.